The van der Waals surface area contributed by atoms with Gasteiger partial charge in [-0.3, -0.25) is 4.79 Å². The Morgan fingerprint density at radius 1 is 1.11 bits per heavy atom. The van der Waals surface area contributed by atoms with Crippen molar-refractivity contribution in [2.45, 2.75) is 39.2 Å². The van der Waals surface area contributed by atoms with E-state index in [2.05, 4.69) is 10.1 Å². The quantitative estimate of drug-likeness (QED) is 0.257. The number of aromatic nitrogens is 2. The molecule has 0 atom stereocenters. The second-order valence-electron chi connectivity index (χ2n) is 8.19. The number of thiophene rings is 1. The highest BCUT2D eigenvalue weighted by molar-refractivity contribution is 7.18. The SMILES string of the molecule is CCOc1cc(/C=N\n2cnc3sc4c(c3c2=O)CCCC4)ccc1OCc1ccc(Cl)cc1Cl. The number of fused-ring (bicyclic) bond motifs is 3. The van der Waals surface area contributed by atoms with E-state index in [-0.39, 0.29) is 12.2 Å². The zero-order valence-electron chi connectivity index (χ0n) is 19.1. The van der Waals surface area contributed by atoms with Crippen LogP contribution in [0, 0.1) is 0 Å². The van der Waals surface area contributed by atoms with E-state index in [1.165, 1.54) is 22.3 Å². The minimum absolute atomic E-state index is 0.129. The third-order valence-corrected chi connectivity index (χ3v) is 7.64. The van der Waals surface area contributed by atoms with Gasteiger partial charge in [-0.05, 0) is 74.1 Å². The van der Waals surface area contributed by atoms with Gasteiger partial charge in [-0.25, -0.2) is 4.98 Å². The summed E-state index contributed by atoms with van der Waals surface area (Å²) in [4.78, 5) is 19.7. The van der Waals surface area contributed by atoms with Crippen LogP contribution in [0.25, 0.3) is 10.2 Å². The van der Waals surface area contributed by atoms with Gasteiger partial charge in [-0.1, -0.05) is 29.3 Å². The van der Waals surface area contributed by atoms with Gasteiger partial charge in [0.15, 0.2) is 11.5 Å². The molecule has 4 aromatic rings. The van der Waals surface area contributed by atoms with Gasteiger partial charge in [0.05, 0.1) is 18.2 Å². The molecule has 9 heteroatoms. The molecule has 2 heterocycles. The van der Waals surface area contributed by atoms with Crippen molar-refractivity contribution < 1.29 is 9.47 Å². The van der Waals surface area contributed by atoms with Crippen LogP contribution in [0.2, 0.25) is 10.0 Å². The number of hydrogen-bond donors (Lipinski definition) is 0. The van der Waals surface area contributed by atoms with Crippen molar-refractivity contribution in [1.82, 2.24) is 9.66 Å². The van der Waals surface area contributed by atoms with Crippen LogP contribution < -0.4 is 15.0 Å². The number of nitrogens with zero attached hydrogens (tertiary/aromatic N) is 3. The monoisotopic (exact) mass is 527 g/mol. The molecule has 0 aliphatic heterocycles. The van der Waals surface area contributed by atoms with E-state index in [9.17, 15) is 4.79 Å². The van der Waals surface area contributed by atoms with E-state index in [1.54, 1.807) is 29.7 Å². The molecule has 35 heavy (non-hydrogen) atoms. The summed E-state index contributed by atoms with van der Waals surface area (Å²) in [6, 6.07) is 10.8. The minimum Gasteiger partial charge on any atom is -0.490 e. The fraction of sp³-hybridized carbons (Fsp3) is 0.269. The van der Waals surface area contributed by atoms with Crippen molar-refractivity contribution in [2.24, 2.45) is 5.10 Å². The molecule has 0 spiro atoms. The van der Waals surface area contributed by atoms with Crippen molar-refractivity contribution >= 4 is 51.0 Å². The summed E-state index contributed by atoms with van der Waals surface area (Å²) in [5.41, 5.74) is 2.61. The molecular weight excluding hydrogens is 505 g/mol. The zero-order chi connectivity index (χ0) is 24.4. The van der Waals surface area contributed by atoms with Gasteiger partial charge in [0.1, 0.15) is 17.8 Å². The number of ether oxygens (including phenoxy) is 2. The molecule has 2 aromatic carbocycles. The molecular formula is C26H23Cl2N3O3S. The van der Waals surface area contributed by atoms with Crippen molar-refractivity contribution in [2.75, 3.05) is 6.61 Å². The lowest BCUT2D eigenvalue weighted by atomic mass is 9.97. The maximum Gasteiger partial charge on any atom is 0.282 e. The van der Waals surface area contributed by atoms with Crippen LogP contribution in [0.5, 0.6) is 11.5 Å². The number of halogens is 2. The van der Waals surface area contributed by atoms with Crippen LogP contribution >= 0.6 is 34.5 Å². The highest BCUT2D eigenvalue weighted by atomic mass is 35.5. The van der Waals surface area contributed by atoms with Crippen molar-refractivity contribution in [3.8, 4) is 11.5 Å². The molecule has 0 N–H and O–H groups in total. The largest absolute Gasteiger partial charge is 0.490 e. The van der Waals surface area contributed by atoms with Gasteiger partial charge >= 0.3 is 0 Å². The smallest absolute Gasteiger partial charge is 0.282 e. The fourth-order valence-corrected chi connectivity index (χ4v) is 5.82. The third kappa shape index (κ3) is 5.08. The van der Waals surface area contributed by atoms with E-state index in [0.29, 0.717) is 33.5 Å². The Bertz CT molecular complexity index is 1480. The molecule has 0 saturated carbocycles. The van der Waals surface area contributed by atoms with Gasteiger partial charge in [0, 0.05) is 20.5 Å². The predicted octanol–water partition coefficient (Wildman–Crippen LogP) is 6.50. The summed E-state index contributed by atoms with van der Waals surface area (Å²) in [5, 5.41) is 6.22. The Morgan fingerprint density at radius 2 is 1.97 bits per heavy atom. The highest BCUT2D eigenvalue weighted by Crippen LogP contribution is 2.33. The fourth-order valence-electron chi connectivity index (χ4n) is 4.13. The maximum atomic E-state index is 13.1. The number of hydrogen-bond acceptors (Lipinski definition) is 6. The second kappa shape index (κ2) is 10.4. The van der Waals surface area contributed by atoms with Gasteiger partial charge in [-0.15, -0.1) is 11.3 Å². The number of benzene rings is 2. The Labute approximate surface area is 216 Å². The van der Waals surface area contributed by atoms with Gasteiger partial charge < -0.3 is 9.47 Å². The molecule has 180 valence electrons. The van der Waals surface area contributed by atoms with E-state index < -0.39 is 0 Å². The first-order valence-electron chi connectivity index (χ1n) is 11.4. The second-order valence-corrected chi connectivity index (χ2v) is 10.1. The summed E-state index contributed by atoms with van der Waals surface area (Å²) in [7, 11) is 0. The third-order valence-electron chi connectivity index (χ3n) is 5.86. The van der Waals surface area contributed by atoms with Gasteiger partial charge in [-0.2, -0.15) is 9.78 Å². The van der Waals surface area contributed by atoms with E-state index in [4.69, 9.17) is 32.7 Å². The summed E-state index contributed by atoms with van der Waals surface area (Å²) in [5.74, 6) is 1.16. The average molecular weight is 528 g/mol. The van der Waals surface area contributed by atoms with E-state index in [1.807, 2.05) is 31.2 Å². The van der Waals surface area contributed by atoms with Crippen LogP contribution in [0.3, 0.4) is 0 Å². The van der Waals surface area contributed by atoms with Crippen LogP contribution in [0.4, 0.5) is 0 Å². The molecule has 0 unspecified atom stereocenters. The molecule has 0 radical (unpaired) electrons. The van der Waals surface area contributed by atoms with Crippen LogP contribution in [-0.4, -0.2) is 22.5 Å². The first-order valence-corrected chi connectivity index (χ1v) is 13.0. The number of aryl methyl sites for hydroxylation is 2. The van der Waals surface area contributed by atoms with Crippen molar-refractivity contribution in [3.63, 3.8) is 0 Å². The van der Waals surface area contributed by atoms with E-state index in [0.717, 1.165) is 40.8 Å². The first kappa shape index (κ1) is 23.9. The molecule has 0 amide bonds. The highest BCUT2D eigenvalue weighted by Gasteiger charge is 2.20. The average Bonchev–Trinajstić information content (AvgIpc) is 3.23. The van der Waals surface area contributed by atoms with Crippen LogP contribution in [0.1, 0.15) is 41.3 Å². The molecule has 0 fully saturated rings. The van der Waals surface area contributed by atoms with Crippen molar-refractivity contribution in [1.29, 1.82) is 0 Å². The Hall–Kier alpha value is -2.87. The molecule has 5 rings (SSSR count). The predicted molar refractivity (Wildman–Crippen MR) is 142 cm³/mol. The number of rotatable bonds is 7. The first-order chi connectivity index (χ1) is 17.0. The van der Waals surface area contributed by atoms with Crippen LogP contribution in [-0.2, 0) is 19.4 Å². The molecule has 1 aliphatic rings. The maximum absolute atomic E-state index is 13.1. The molecule has 0 saturated heterocycles. The normalized spacial score (nSPS) is 13.3. The topological polar surface area (TPSA) is 65.7 Å². The molecule has 1 aliphatic carbocycles. The minimum atomic E-state index is -0.129. The lowest BCUT2D eigenvalue weighted by Gasteiger charge is -2.13. The summed E-state index contributed by atoms with van der Waals surface area (Å²) in [6.45, 7) is 2.65. The standard InChI is InChI=1S/C26H23Cl2N3O3S/c1-2-33-22-11-16(7-10-21(22)34-14-17-8-9-18(27)12-20(17)28)13-30-31-15-29-25-24(26(31)32)19-5-3-4-6-23(19)35-25/h7-13,15H,2-6,14H2,1H3/b30-13-. The summed E-state index contributed by atoms with van der Waals surface area (Å²) >= 11 is 13.9. The van der Waals surface area contributed by atoms with Crippen molar-refractivity contribution in [3.05, 3.63) is 84.7 Å². The van der Waals surface area contributed by atoms with Gasteiger partial charge in [0.2, 0.25) is 0 Å². The molecule has 6 nitrogen and oxygen atoms in total. The molecule has 0 bridgehead atoms. The zero-order valence-corrected chi connectivity index (χ0v) is 21.4. The Morgan fingerprint density at radius 3 is 2.80 bits per heavy atom. The summed E-state index contributed by atoms with van der Waals surface area (Å²) in [6.07, 6.45) is 7.34. The van der Waals surface area contributed by atoms with E-state index >= 15 is 0 Å². The van der Waals surface area contributed by atoms with Crippen LogP contribution in [0.15, 0.2) is 52.6 Å². The lowest BCUT2D eigenvalue weighted by molar-refractivity contribution is 0.269. The summed E-state index contributed by atoms with van der Waals surface area (Å²) < 4.78 is 13.0. The Balaban J connectivity index is 1.39. The Kier molecular flexibility index (Phi) is 7.09. The molecule has 2 aromatic heterocycles. The van der Waals surface area contributed by atoms with Gasteiger partial charge in [0.25, 0.3) is 5.56 Å². The lowest BCUT2D eigenvalue weighted by Crippen LogP contribution is -2.18.